The van der Waals surface area contributed by atoms with Gasteiger partial charge in [-0.3, -0.25) is 14.9 Å². The Balaban J connectivity index is 1.52. The van der Waals surface area contributed by atoms with Crippen molar-refractivity contribution in [2.24, 2.45) is 0 Å². The van der Waals surface area contributed by atoms with Crippen molar-refractivity contribution in [1.29, 1.82) is 0 Å². The maximum absolute atomic E-state index is 12.4. The Hall–Kier alpha value is -2.93. The summed E-state index contributed by atoms with van der Waals surface area (Å²) in [4.78, 5) is 28.0. The van der Waals surface area contributed by atoms with E-state index in [1.807, 2.05) is 53.4 Å². The van der Waals surface area contributed by atoms with Crippen LogP contribution in [0.4, 0.5) is 11.4 Å². The first-order chi connectivity index (χ1) is 14.3. The average Bonchev–Trinajstić information content (AvgIpc) is 2.74. The summed E-state index contributed by atoms with van der Waals surface area (Å²) in [5.74, 6) is 0.314. The fraction of sp³-hybridized carbons (Fsp3) is 0.348. The van der Waals surface area contributed by atoms with Gasteiger partial charge in [0.1, 0.15) is 0 Å². The monoisotopic (exact) mass is 424 g/mol. The number of hydrogen-bond donors (Lipinski definition) is 2. The van der Waals surface area contributed by atoms with E-state index in [9.17, 15) is 9.59 Å². The van der Waals surface area contributed by atoms with E-state index in [1.165, 1.54) is 5.56 Å². The van der Waals surface area contributed by atoms with E-state index >= 15 is 0 Å². The number of amides is 2. The van der Waals surface area contributed by atoms with Gasteiger partial charge in [-0.05, 0) is 60.1 Å². The minimum atomic E-state index is -0.234. The summed E-state index contributed by atoms with van der Waals surface area (Å²) in [5, 5.41) is 6.03. The van der Waals surface area contributed by atoms with Crippen molar-refractivity contribution >= 4 is 40.5 Å². The van der Waals surface area contributed by atoms with Crippen LogP contribution in [0.25, 0.3) is 0 Å². The number of benzene rings is 2. The molecule has 0 unspecified atom stereocenters. The summed E-state index contributed by atoms with van der Waals surface area (Å²) in [7, 11) is 0. The zero-order chi connectivity index (χ0) is 21.7. The molecule has 0 aliphatic carbocycles. The molecule has 2 aromatic rings. The highest BCUT2D eigenvalue weighted by Crippen LogP contribution is 2.20. The number of anilines is 2. The van der Waals surface area contributed by atoms with Gasteiger partial charge >= 0.3 is 0 Å². The Kier molecular flexibility index (Phi) is 7.05. The maximum Gasteiger partial charge on any atom is 0.257 e. The molecule has 0 atom stereocenters. The molecule has 1 aliphatic rings. The molecular weight excluding hydrogens is 396 g/mol. The molecule has 6 nitrogen and oxygen atoms in total. The first kappa shape index (κ1) is 21.8. The van der Waals surface area contributed by atoms with Gasteiger partial charge in [0.05, 0.1) is 0 Å². The number of nitrogens with zero attached hydrogens (tertiary/aromatic N) is 2. The number of hydrogen-bond acceptors (Lipinski definition) is 4. The van der Waals surface area contributed by atoms with Crippen LogP contribution in [-0.2, 0) is 4.79 Å². The molecule has 3 rings (SSSR count). The van der Waals surface area contributed by atoms with Crippen LogP contribution in [0.3, 0.4) is 0 Å². The van der Waals surface area contributed by atoms with Gasteiger partial charge in [0, 0.05) is 50.0 Å². The lowest BCUT2D eigenvalue weighted by atomic mass is 10.0. The highest BCUT2D eigenvalue weighted by molar-refractivity contribution is 7.80. The quantitative estimate of drug-likeness (QED) is 0.734. The molecule has 158 valence electrons. The predicted molar refractivity (Wildman–Crippen MR) is 125 cm³/mol. The average molecular weight is 425 g/mol. The largest absolute Gasteiger partial charge is 0.368 e. The van der Waals surface area contributed by atoms with Crippen molar-refractivity contribution in [3.63, 3.8) is 0 Å². The molecule has 2 N–H and O–H groups in total. The Morgan fingerprint density at radius 3 is 2.07 bits per heavy atom. The summed E-state index contributed by atoms with van der Waals surface area (Å²) in [6, 6.07) is 15.4. The number of carbonyl (C=O) groups is 2. The second-order valence-electron chi connectivity index (χ2n) is 7.72. The van der Waals surface area contributed by atoms with Crippen molar-refractivity contribution < 1.29 is 9.59 Å². The molecule has 1 fully saturated rings. The zero-order valence-electron chi connectivity index (χ0n) is 17.6. The van der Waals surface area contributed by atoms with E-state index in [-0.39, 0.29) is 16.9 Å². The van der Waals surface area contributed by atoms with E-state index in [4.69, 9.17) is 12.2 Å². The van der Waals surface area contributed by atoms with Gasteiger partial charge in [0.2, 0.25) is 5.91 Å². The summed E-state index contributed by atoms with van der Waals surface area (Å²) >= 11 is 5.28. The van der Waals surface area contributed by atoms with Gasteiger partial charge in [0.25, 0.3) is 5.91 Å². The smallest absolute Gasteiger partial charge is 0.257 e. The third-order valence-corrected chi connectivity index (χ3v) is 5.49. The van der Waals surface area contributed by atoms with Crippen molar-refractivity contribution in [2.45, 2.75) is 26.7 Å². The molecule has 7 heteroatoms. The number of carbonyl (C=O) groups excluding carboxylic acids is 2. The summed E-state index contributed by atoms with van der Waals surface area (Å²) in [5.41, 5.74) is 3.67. The van der Waals surface area contributed by atoms with Crippen LogP contribution in [0.2, 0.25) is 0 Å². The topological polar surface area (TPSA) is 64.7 Å². The van der Waals surface area contributed by atoms with Crippen LogP contribution in [0.5, 0.6) is 0 Å². The van der Waals surface area contributed by atoms with E-state index in [0.717, 1.165) is 37.6 Å². The van der Waals surface area contributed by atoms with Crippen LogP contribution < -0.4 is 15.5 Å². The molecule has 0 radical (unpaired) electrons. The molecule has 1 heterocycles. The second-order valence-corrected chi connectivity index (χ2v) is 8.13. The number of rotatable bonds is 4. The van der Waals surface area contributed by atoms with Gasteiger partial charge in [-0.2, -0.15) is 0 Å². The molecule has 2 amide bonds. The normalized spacial score (nSPS) is 13.9. The summed E-state index contributed by atoms with van der Waals surface area (Å²) < 4.78 is 0. The van der Waals surface area contributed by atoms with Crippen molar-refractivity contribution in [2.75, 3.05) is 36.4 Å². The molecule has 1 saturated heterocycles. The van der Waals surface area contributed by atoms with Crippen LogP contribution in [0.15, 0.2) is 48.5 Å². The van der Waals surface area contributed by atoms with E-state index in [1.54, 1.807) is 6.92 Å². The molecule has 0 spiro atoms. The minimum absolute atomic E-state index is 0.126. The highest BCUT2D eigenvalue weighted by Gasteiger charge is 2.18. The number of nitrogens with one attached hydrogen (secondary N) is 2. The Bertz CT molecular complexity index is 902. The molecule has 0 aromatic heterocycles. The molecule has 2 aromatic carbocycles. The number of piperazine rings is 1. The highest BCUT2D eigenvalue weighted by atomic mass is 32.1. The van der Waals surface area contributed by atoms with Gasteiger partial charge in [-0.15, -0.1) is 0 Å². The number of thiocarbonyl (C=S) groups is 1. The standard InChI is InChI=1S/C23H28N4O2S/c1-16(2)18-4-6-19(7-5-18)22(29)25-23(30)24-20-8-10-21(11-9-20)27-14-12-26(13-15-27)17(3)28/h4-11,16H,12-15H2,1-3H3,(H2,24,25,29,30). The first-order valence-corrected chi connectivity index (χ1v) is 10.6. The molecule has 0 saturated carbocycles. The van der Waals surface area contributed by atoms with E-state index in [2.05, 4.69) is 29.4 Å². The SMILES string of the molecule is CC(=O)N1CCN(c2ccc(NC(=S)NC(=O)c3ccc(C(C)C)cc3)cc2)CC1. The molecule has 30 heavy (non-hydrogen) atoms. The van der Waals surface area contributed by atoms with Crippen molar-refractivity contribution in [1.82, 2.24) is 10.2 Å². The Morgan fingerprint density at radius 2 is 1.53 bits per heavy atom. The fourth-order valence-corrected chi connectivity index (χ4v) is 3.60. The van der Waals surface area contributed by atoms with Crippen LogP contribution in [0, 0.1) is 0 Å². The lowest BCUT2D eigenvalue weighted by Crippen LogP contribution is -2.48. The van der Waals surface area contributed by atoms with E-state index < -0.39 is 0 Å². The van der Waals surface area contributed by atoms with Crippen LogP contribution in [0.1, 0.15) is 42.6 Å². The molecule has 0 bridgehead atoms. The lowest BCUT2D eigenvalue weighted by Gasteiger charge is -2.35. The summed E-state index contributed by atoms with van der Waals surface area (Å²) in [6.45, 7) is 8.95. The third kappa shape index (κ3) is 5.57. The Labute approximate surface area is 183 Å². The van der Waals surface area contributed by atoms with Gasteiger partial charge < -0.3 is 15.1 Å². The third-order valence-electron chi connectivity index (χ3n) is 5.28. The van der Waals surface area contributed by atoms with Crippen LogP contribution in [-0.4, -0.2) is 48.0 Å². The van der Waals surface area contributed by atoms with Gasteiger partial charge in [-0.1, -0.05) is 26.0 Å². The summed E-state index contributed by atoms with van der Waals surface area (Å²) in [6.07, 6.45) is 0. The first-order valence-electron chi connectivity index (χ1n) is 10.2. The van der Waals surface area contributed by atoms with Gasteiger partial charge in [0.15, 0.2) is 5.11 Å². The lowest BCUT2D eigenvalue weighted by molar-refractivity contribution is -0.129. The maximum atomic E-state index is 12.4. The Morgan fingerprint density at radius 1 is 0.933 bits per heavy atom. The zero-order valence-corrected chi connectivity index (χ0v) is 18.5. The molecule has 1 aliphatic heterocycles. The second kappa shape index (κ2) is 9.71. The van der Waals surface area contributed by atoms with Gasteiger partial charge in [-0.25, -0.2) is 0 Å². The predicted octanol–water partition coefficient (Wildman–Crippen LogP) is 3.61. The molecular formula is C23H28N4O2S. The van der Waals surface area contributed by atoms with Crippen molar-refractivity contribution in [3.05, 3.63) is 59.7 Å². The minimum Gasteiger partial charge on any atom is -0.368 e. The van der Waals surface area contributed by atoms with E-state index in [0.29, 0.717) is 11.5 Å². The fourth-order valence-electron chi connectivity index (χ4n) is 3.39. The van der Waals surface area contributed by atoms with Crippen molar-refractivity contribution in [3.8, 4) is 0 Å². The van der Waals surface area contributed by atoms with Crippen LogP contribution >= 0.6 is 12.2 Å².